The first-order valence-electron chi connectivity index (χ1n) is 9.70. The van der Waals surface area contributed by atoms with Crippen LogP contribution in [-0.2, 0) is 14.3 Å². The molecule has 0 spiro atoms. The van der Waals surface area contributed by atoms with E-state index in [4.69, 9.17) is 4.74 Å². The molecule has 3 heteroatoms. The van der Waals surface area contributed by atoms with E-state index in [2.05, 4.69) is 39.8 Å². The lowest BCUT2D eigenvalue weighted by atomic mass is 9.72. The van der Waals surface area contributed by atoms with Gasteiger partial charge < -0.3 is 4.74 Å². The monoisotopic (exact) mass is 370 g/mol. The van der Waals surface area contributed by atoms with Gasteiger partial charge in [0, 0.05) is 6.08 Å². The molecule has 0 unspecified atom stereocenters. The van der Waals surface area contributed by atoms with Crippen molar-refractivity contribution in [1.82, 2.24) is 0 Å². The topological polar surface area (TPSA) is 43.4 Å². The summed E-state index contributed by atoms with van der Waals surface area (Å²) in [5, 5.41) is 0. The van der Waals surface area contributed by atoms with E-state index in [0.717, 1.165) is 11.1 Å². The fraction of sp³-hybridized carbons (Fsp3) is 0.500. The summed E-state index contributed by atoms with van der Waals surface area (Å²) in [5.74, 6) is -1.45. The number of ether oxygens (including phenoxy) is 1. The van der Waals surface area contributed by atoms with Gasteiger partial charge in [0.25, 0.3) is 0 Å². The summed E-state index contributed by atoms with van der Waals surface area (Å²) in [4.78, 5) is 23.0. The Bertz CT molecular complexity index is 710. The maximum atomic E-state index is 11.6. The van der Waals surface area contributed by atoms with Crippen molar-refractivity contribution in [3.63, 3.8) is 0 Å². The van der Waals surface area contributed by atoms with Crippen LogP contribution in [0.15, 0.2) is 58.7 Å². The summed E-state index contributed by atoms with van der Waals surface area (Å²) in [6, 6.07) is 0. The smallest absolute Gasteiger partial charge is 0.338 e. The minimum Gasteiger partial charge on any atom is -0.390 e. The molecule has 0 aromatic heterocycles. The molecule has 0 atom stereocenters. The molecule has 1 rings (SSSR count). The molecule has 0 saturated carbocycles. The Morgan fingerprint density at radius 1 is 1.11 bits per heavy atom. The van der Waals surface area contributed by atoms with E-state index in [1.54, 1.807) is 20.8 Å². The van der Waals surface area contributed by atoms with Crippen molar-refractivity contribution in [3.05, 3.63) is 58.7 Å². The fourth-order valence-electron chi connectivity index (χ4n) is 3.11. The average molecular weight is 371 g/mol. The molecule has 1 aliphatic rings. The van der Waals surface area contributed by atoms with Gasteiger partial charge in [-0.25, -0.2) is 4.79 Å². The van der Waals surface area contributed by atoms with Crippen LogP contribution in [0.2, 0.25) is 0 Å². The van der Waals surface area contributed by atoms with Crippen molar-refractivity contribution in [2.45, 2.75) is 67.7 Å². The molecule has 148 valence electrons. The van der Waals surface area contributed by atoms with Gasteiger partial charge in [0.15, 0.2) is 0 Å². The van der Waals surface area contributed by atoms with E-state index < -0.39 is 11.9 Å². The number of hydrogen-bond acceptors (Lipinski definition) is 3. The second-order valence-corrected chi connectivity index (χ2v) is 8.32. The molecular weight excluding hydrogens is 336 g/mol. The van der Waals surface area contributed by atoms with Crippen LogP contribution in [0.1, 0.15) is 67.7 Å². The quantitative estimate of drug-likeness (QED) is 0.240. The Morgan fingerprint density at radius 2 is 1.78 bits per heavy atom. The molecule has 0 aromatic rings. The van der Waals surface area contributed by atoms with Gasteiger partial charge in [0.05, 0.1) is 5.92 Å². The Balaban J connectivity index is 2.71. The third-order valence-electron chi connectivity index (χ3n) is 4.79. The van der Waals surface area contributed by atoms with Crippen LogP contribution < -0.4 is 0 Å². The van der Waals surface area contributed by atoms with Crippen molar-refractivity contribution in [1.29, 1.82) is 0 Å². The molecule has 3 nitrogen and oxygen atoms in total. The number of carbonyl (C=O) groups excluding carboxylic acids is 2. The van der Waals surface area contributed by atoms with E-state index >= 15 is 0 Å². The Hall–Kier alpha value is -2.16. The van der Waals surface area contributed by atoms with E-state index in [1.807, 2.05) is 18.2 Å². The molecule has 0 radical (unpaired) electrons. The van der Waals surface area contributed by atoms with Crippen LogP contribution in [0.25, 0.3) is 0 Å². The van der Waals surface area contributed by atoms with Gasteiger partial charge in [-0.05, 0) is 56.6 Å². The second-order valence-electron chi connectivity index (χ2n) is 8.32. The van der Waals surface area contributed by atoms with E-state index in [-0.39, 0.29) is 11.3 Å². The molecule has 0 saturated heterocycles. The standard InChI is InChI=1S/C24H34O3/c1-17(2)23(26)27-22(25)16-19(4)11-8-10-18(3)13-14-21-20(5)12-9-15-24(21,6)7/h8,10-11,13-14,16-17H,9,12,15H2,1-7H3/b11-8+,14-13+,18-10+,19-16+. The molecule has 0 N–H and O–H groups in total. The molecule has 0 aliphatic heterocycles. The highest BCUT2D eigenvalue weighted by Crippen LogP contribution is 2.40. The fourth-order valence-corrected chi connectivity index (χ4v) is 3.11. The molecule has 0 bridgehead atoms. The maximum Gasteiger partial charge on any atom is 0.338 e. The summed E-state index contributed by atoms with van der Waals surface area (Å²) < 4.78 is 4.73. The van der Waals surface area contributed by atoms with Gasteiger partial charge in [-0.15, -0.1) is 0 Å². The lowest BCUT2D eigenvalue weighted by Crippen LogP contribution is -2.19. The number of hydrogen-bond donors (Lipinski definition) is 0. The Kier molecular flexibility index (Phi) is 8.68. The molecule has 27 heavy (non-hydrogen) atoms. The SMILES string of the molecule is CC1=C(/C=C/C(C)=C/C=C/C(C)=C/C(=O)OC(=O)C(C)C)C(C)(C)CCC1. The minimum absolute atomic E-state index is 0.238. The van der Waals surface area contributed by atoms with Gasteiger partial charge in [-0.3, -0.25) is 4.79 Å². The highest BCUT2D eigenvalue weighted by atomic mass is 16.6. The zero-order valence-electron chi connectivity index (χ0n) is 17.9. The summed E-state index contributed by atoms with van der Waals surface area (Å²) in [6.07, 6.45) is 15.1. The predicted molar refractivity (Wildman–Crippen MR) is 112 cm³/mol. The van der Waals surface area contributed by atoms with Crippen LogP contribution >= 0.6 is 0 Å². The Morgan fingerprint density at radius 3 is 2.37 bits per heavy atom. The summed E-state index contributed by atoms with van der Waals surface area (Å²) in [6.45, 7) is 14.1. The largest absolute Gasteiger partial charge is 0.390 e. The highest BCUT2D eigenvalue weighted by molar-refractivity contribution is 5.93. The maximum absolute atomic E-state index is 11.6. The molecule has 1 aliphatic carbocycles. The number of carbonyl (C=O) groups is 2. The van der Waals surface area contributed by atoms with Crippen LogP contribution in [0, 0.1) is 11.3 Å². The van der Waals surface area contributed by atoms with Gasteiger partial charge >= 0.3 is 11.9 Å². The molecule has 0 heterocycles. The molecule has 0 amide bonds. The predicted octanol–water partition coefficient (Wildman–Crippen LogP) is 6.24. The van der Waals surface area contributed by atoms with Crippen molar-refractivity contribution in [3.8, 4) is 0 Å². The highest BCUT2D eigenvalue weighted by Gasteiger charge is 2.26. The molecule has 0 aromatic carbocycles. The zero-order valence-corrected chi connectivity index (χ0v) is 17.9. The normalized spacial score (nSPS) is 18.7. The lowest BCUT2D eigenvalue weighted by molar-refractivity contribution is -0.158. The van der Waals surface area contributed by atoms with Gasteiger partial charge in [0.1, 0.15) is 0 Å². The number of esters is 2. The zero-order chi connectivity index (χ0) is 20.6. The first kappa shape index (κ1) is 22.9. The summed E-state index contributed by atoms with van der Waals surface area (Å²) in [5.41, 5.74) is 5.04. The molecule has 0 fully saturated rings. The van der Waals surface area contributed by atoms with Crippen molar-refractivity contribution in [2.75, 3.05) is 0 Å². The van der Waals surface area contributed by atoms with Crippen LogP contribution in [0.5, 0.6) is 0 Å². The molecular formula is C24H34O3. The summed E-state index contributed by atoms with van der Waals surface area (Å²) in [7, 11) is 0. The van der Waals surface area contributed by atoms with Gasteiger partial charge in [-0.2, -0.15) is 0 Å². The van der Waals surface area contributed by atoms with Crippen LogP contribution in [0.4, 0.5) is 0 Å². The number of rotatable bonds is 6. The van der Waals surface area contributed by atoms with Gasteiger partial charge in [-0.1, -0.05) is 69.2 Å². The van der Waals surface area contributed by atoms with E-state index in [0.29, 0.717) is 0 Å². The lowest BCUT2D eigenvalue weighted by Gasteiger charge is -2.32. The van der Waals surface area contributed by atoms with E-state index in [9.17, 15) is 9.59 Å². The third-order valence-corrected chi connectivity index (χ3v) is 4.79. The summed E-state index contributed by atoms with van der Waals surface area (Å²) >= 11 is 0. The van der Waals surface area contributed by atoms with Crippen molar-refractivity contribution < 1.29 is 14.3 Å². The first-order valence-corrected chi connectivity index (χ1v) is 9.70. The van der Waals surface area contributed by atoms with Crippen molar-refractivity contribution >= 4 is 11.9 Å². The van der Waals surface area contributed by atoms with Gasteiger partial charge in [0.2, 0.25) is 0 Å². The van der Waals surface area contributed by atoms with E-state index in [1.165, 1.54) is 36.5 Å². The second kappa shape index (κ2) is 10.2. The Labute approximate surface area is 164 Å². The van der Waals surface area contributed by atoms with Crippen molar-refractivity contribution in [2.24, 2.45) is 11.3 Å². The minimum atomic E-state index is -0.626. The average Bonchev–Trinajstić information content (AvgIpc) is 2.53. The first-order chi connectivity index (χ1) is 12.5. The third kappa shape index (κ3) is 7.94. The van der Waals surface area contributed by atoms with Crippen LogP contribution in [0.3, 0.4) is 0 Å². The number of allylic oxidation sites excluding steroid dienone is 9. The van der Waals surface area contributed by atoms with Crippen LogP contribution in [-0.4, -0.2) is 11.9 Å².